The first-order valence-electron chi connectivity index (χ1n) is 8.05. The Hall–Kier alpha value is -2.57. The smallest absolute Gasteiger partial charge is 0.244 e. The molecule has 0 atom stereocenters. The first kappa shape index (κ1) is 18.8. The van der Waals surface area contributed by atoms with Crippen molar-refractivity contribution in [3.05, 3.63) is 59.7 Å². The summed E-state index contributed by atoms with van der Waals surface area (Å²) in [5.74, 6) is 1.23. The fourth-order valence-corrected chi connectivity index (χ4v) is 2.51. The van der Waals surface area contributed by atoms with E-state index in [1.165, 1.54) is 0 Å². The molecule has 0 heterocycles. The van der Waals surface area contributed by atoms with E-state index in [1.54, 1.807) is 19.7 Å². The number of carbonyl (C=O) groups is 1. The van der Waals surface area contributed by atoms with Gasteiger partial charge in [-0.15, -0.1) is 0 Å². The van der Waals surface area contributed by atoms with Crippen LogP contribution in [0.5, 0.6) is 11.5 Å². The van der Waals surface area contributed by atoms with Crippen molar-refractivity contribution in [2.75, 3.05) is 20.8 Å². The quantitative estimate of drug-likeness (QED) is 0.540. The fourth-order valence-electron chi connectivity index (χ4n) is 2.51. The average Bonchev–Trinajstić information content (AvgIpc) is 2.67. The molecule has 0 unspecified atom stereocenters. The number of rotatable bonds is 9. The van der Waals surface area contributed by atoms with Crippen LogP contribution in [0.1, 0.15) is 17.5 Å². The Balaban J connectivity index is 2.05. The first-order chi connectivity index (χ1) is 12.1. The largest absolute Gasteiger partial charge is 0.497 e. The Bertz CT molecular complexity index is 607. The molecular formula is C19H24N2O4. The summed E-state index contributed by atoms with van der Waals surface area (Å²) in [7, 11) is 3.27. The normalized spacial score (nSPS) is 10.6. The lowest BCUT2D eigenvalue weighted by molar-refractivity contribution is -0.129. The minimum absolute atomic E-state index is 0.225. The van der Waals surface area contributed by atoms with Crippen molar-refractivity contribution in [1.82, 2.24) is 10.4 Å². The number of hydroxylamine groups is 1. The van der Waals surface area contributed by atoms with Gasteiger partial charge in [0.15, 0.2) is 0 Å². The van der Waals surface area contributed by atoms with Gasteiger partial charge in [-0.2, -0.15) is 0 Å². The number of carbonyl (C=O) groups excluding carboxylic acids is 1. The molecule has 134 valence electrons. The Labute approximate surface area is 147 Å². The molecule has 0 aliphatic carbocycles. The summed E-state index contributed by atoms with van der Waals surface area (Å²) in [6.45, 7) is 1.91. The highest BCUT2D eigenvalue weighted by Gasteiger charge is 2.10. The van der Waals surface area contributed by atoms with Gasteiger partial charge in [-0.25, -0.2) is 5.48 Å². The van der Waals surface area contributed by atoms with E-state index in [4.69, 9.17) is 14.7 Å². The van der Waals surface area contributed by atoms with Gasteiger partial charge in [0.2, 0.25) is 5.91 Å². The van der Waals surface area contributed by atoms with Gasteiger partial charge in [0.1, 0.15) is 11.5 Å². The van der Waals surface area contributed by atoms with Crippen molar-refractivity contribution in [2.24, 2.45) is 0 Å². The van der Waals surface area contributed by atoms with Crippen molar-refractivity contribution in [1.29, 1.82) is 0 Å². The molecule has 2 aromatic rings. The third kappa shape index (κ3) is 6.10. The summed E-state index contributed by atoms with van der Waals surface area (Å²) in [6.07, 6.45) is 0.225. The van der Waals surface area contributed by atoms with Gasteiger partial charge in [0.25, 0.3) is 0 Å². The minimum Gasteiger partial charge on any atom is -0.497 e. The zero-order chi connectivity index (χ0) is 18.1. The lowest BCUT2D eigenvalue weighted by Gasteiger charge is -2.22. The third-order valence-corrected chi connectivity index (χ3v) is 3.91. The predicted molar refractivity (Wildman–Crippen MR) is 94.6 cm³/mol. The van der Waals surface area contributed by atoms with Gasteiger partial charge in [0.05, 0.1) is 14.2 Å². The number of hydrogen-bond acceptors (Lipinski definition) is 5. The lowest BCUT2D eigenvalue weighted by Crippen LogP contribution is -2.29. The Morgan fingerprint density at radius 2 is 1.36 bits per heavy atom. The summed E-state index contributed by atoms with van der Waals surface area (Å²) >= 11 is 0. The molecule has 6 heteroatoms. The van der Waals surface area contributed by atoms with E-state index in [1.807, 2.05) is 48.5 Å². The standard InChI is InChI=1S/C19H24N2O4/c1-24-17-7-3-15(4-8-17)13-21(12-11-19(22)20-23)14-16-5-9-18(25-2)10-6-16/h3-10,23H,11-14H2,1-2H3,(H,20,22). The minimum atomic E-state index is -0.394. The van der Waals surface area contributed by atoms with Crippen LogP contribution in [0.25, 0.3) is 0 Å². The number of nitrogens with zero attached hydrogens (tertiary/aromatic N) is 1. The molecule has 0 saturated carbocycles. The number of amides is 1. The molecule has 1 amide bonds. The molecule has 25 heavy (non-hydrogen) atoms. The summed E-state index contributed by atoms with van der Waals surface area (Å²) in [4.78, 5) is 13.5. The molecule has 2 rings (SSSR count). The summed E-state index contributed by atoms with van der Waals surface area (Å²) in [5, 5.41) is 8.70. The zero-order valence-corrected chi connectivity index (χ0v) is 14.6. The second-order valence-corrected chi connectivity index (χ2v) is 5.69. The second kappa shape index (κ2) is 9.66. The van der Waals surface area contributed by atoms with Crippen LogP contribution in [0.2, 0.25) is 0 Å². The average molecular weight is 344 g/mol. The van der Waals surface area contributed by atoms with Crippen LogP contribution in [-0.2, 0) is 17.9 Å². The highest BCUT2D eigenvalue weighted by molar-refractivity contribution is 5.74. The monoisotopic (exact) mass is 344 g/mol. The lowest BCUT2D eigenvalue weighted by atomic mass is 10.1. The summed E-state index contributed by atoms with van der Waals surface area (Å²) < 4.78 is 10.4. The molecule has 2 N–H and O–H groups in total. The third-order valence-electron chi connectivity index (χ3n) is 3.91. The van der Waals surface area contributed by atoms with E-state index < -0.39 is 5.91 Å². The van der Waals surface area contributed by atoms with E-state index in [-0.39, 0.29) is 6.42 Å². The molecule has 6 nitrogen and oxygen atoms in total. The number of hydrogen-bond donors (Lipinski definition) is 2. The van der Waals surface area contributed by atoms with Crippen molar-refractivity contribution < 1.29 is 19.5 Å². The molecule has 0 aliphatic heterocycles. The van der Waals surface area contributed by atoms with Crippen LogP contribution in [0, 0.1) is 0 Å². The highest BCUT2D eigenvalue weighted by Crippen LogP contribution is 2.17. The van der Waals surface area contributed by atoms with Gasteiger partial charge in [0, 0.05) is 26.1 Å². The van der Waals surface area contributed by atoms with E-state index in [9.17, 15) is 4.79 Å². The Morgan fingerprint density at radius 3 is 1.72 bits per heavy atom. The Morgan fingerprint density at radius 1 is 0.920 bits per heavy atom. The van der Waals surface area contributed by atoms with E-state index in [2.05, 4.69) is 4.90 Å². The molecule has 0 saturated heterocycles. The van der Waals surface area contributed by atoms with Gasteiger partial charge in [-0.1, -0.05) is 24.3 Å². The van der Waals surface area contributed by atoms with Gasteiger partial charge in [-0.05, 0) is 35.4 Å². The molecule has 0 bridgehead atoms. The maximum atomic E-state index is 11.4. The molecule has 0 radical (unpaired) electrons. The fraction of sp³-hybridized carbons (Fsp3) is 0.316. The van der Waals surface area contributed by atoms with E-state index in [0.717, 1.165) is 22.6 Å². The van der Waals surface area contributed by atoms with Crippen LogP contribution in [0.4, 0.5) is 0 Å². The maximum absolute atomic E-state index is 11.4. The zero-order valence-electron chi connectivity index (χ0n) is 14.6. The summed E-state index contributed by atoms with van der Waals surface area (Å²) in [6, 6.07) is 15.7. The highest BCUT2D eigenvalue weighted by atomic mass is 16.5. The van der Waals surface area contributed by atoms with Crippen LogP contribution in [0.3, 0.4) is 0 Å². The molecule has 0 aliphatic rings. The number of benzene rings is 2. The predicted octanol–water partition coefficient (Wildman–Crippen LogP) is 2.60. The van der Waals surface area contributed by atoms with Crippen molar-refractivity contribution in [3.63, 3.8) is 0 Å². The van der Waals surface area contributed by atoms with Crippen molar-refractivity contribution >= 4 is 5.91 Å². The van der Waals surface area contributed by atoms with Gasteiger partial charge in [-0.3, -0.25) is 14.9 Å². The first-order valence-corrected chi connectivity index (χ1v) is 8.05. The molecular weight excluding hydrogens is 320 g/mol. The molecule has 0 fully saturated rings. The Kier molecular flexibility index (Phi) is 7.25. The van der Waals surface area contributed by atoms with Gasteiger partial charge >= 0.3 is 0 Å². The van der Waals surface area contributed by atoms with Gasteiger partial charge < -0.3 is 9.47 Å². The number of methoxy groups -OCH3 is 2. The molecule has 0 aromatic heterocycles. The van der Waals surface area contributed by atoms with E-state index in [0.29, 0.717) is 19.6 Å². The molecule has 2 aromatic carbocycles. The van der Waals surface area contributed by atoms with Crippen LogP contribution in [-0.4, -0.2) is 36.8 Å². The SMILES string of the molecule is COc1ccc(CN(CCC(=O)NO)Cc2ccc(OC)cc2)cc1. The summed E-state index contributed by atoms with van der Waals surface area (Å²) in [5.41, 5.74) is 3.93. The number of nitrogens with one attached hydrogen (secondary N) is 1. The van der Waals surface area contributed by atoms with E-state index >= 15 is 0 Å². The van der Waals surface area contributed by atoms with Crippen LogP contribution in [0.15, 0.2) is 48.5 Å². The molecule has 0 spiro atoms. The van der Waals surface area contributed by atoms with Crippen molar-refractivity contribution in [2.45, 2.75) is 19.5 Å². The van der Waals surface area contributed by atoms with Crippen LogP contribution < -0.4 is 15.0 Å². The number of ether oxygens (including phenoxy) is 2. The maximum Gasteiger partial charge on any atom is 0.244 e. The van der Waals surface area contributed by atoms with Crippen LogP contribution >= 0.6 is 0 Å². The second-order valence-electron chi connectivity index (χ2n) is 5.69. The van der Waals surface area contributed by atoms with Crippen molar-refractivity contribution in [3.8, 4) is 11.5 Å². The topological polar surface area (TPSA) is 71.0 Å².